The van der Waals surface area contributed by atoms with Crippen LogP contribution in [0.15, 0.2) is 41.0 Å². The van der Waals surface area contributed by atoms with Gasteiger partial charge in [-0.3, -0.25) is 0 Å². The summed E-state index contributed by atoms with van der Waals surface area (Å²) in [7, 11) is 1.54. The van der Waals surface area contributed by atoms with Gasteiger partial charge in [0.25, 0.3) is 0 Å². The number of aromatic carboxylic acids is 1. The molecule has 1 aromatic heterocycles. The van der Waals surface area contributed by atoms with Gasteiger partial charge in [-0.15, -0.1) is 0 Å². The molecule has 0 saturated heterocycles. The van der Waals surface area contributed by atoms with Gasteiger partial charge in [-0.2, -0.15) is 0 Å². The van der Waals surface area contributed by atoms with Crippen molar-refractivity contribution in [3.05, 3.63) is 46.6 Å². The SMILES string of the molecule is COc1cc(-c2ccc(Br)c(C(=O)O)c2)ccn1. The average molecular weight is 308 g/mol. The van der Waals surface area contributed by atoms with Crippen molar-refractivity contribution in [1.29, 1.82) is 0 Å². The molecule has 1 heterocycles. The predicted octanol–water partition coefficient (Wildman–Crippen LogP) is 3.22. The molecule has 0 aliphatic heterocycles. The molecule has 0 bridgehead atoms. The first-order valence-corrected chi connectivity index (χ1v) is 5.94. The Kier molecular flexibility index (Phi) is 3.62. The molecule has 0 atom stereocenters. The third kappa shape index (κ3) is 2.51. The largest absolute Gasteiger partial charge is 0.481 e. The van der Waals surface area contributed by atoms with E-state index in [1.54, 1.807) is 30.5 Å². The second-order valence-electron chi connectivity index (χ2n) is 3.59. The Bertz CT molecular complexity index is 599. The van der Waals surface area contributed by atoms with Crippen LogP contribution < -0.4 is 4.74 Å². The predicted molar refractivity (Wildman–Crippen MR) is 70.9 cm³/mol. The number of pyridine rings is 1. The van der Waals surface area contributed by atoms with E-state index in [9.17, 15) is 4.79 Å². The molecule has 5 heteroatoms. The summed E-state index contributed by atoms with van der Waals surface area (Å²) < 4.78 is 5.60. The third-order valence-corrected chi connectivity index (χ3v) is 3.17. The van der Waals surface area contributed by atoms with Gasteiger partial charge in [-0.25, -0.2) is 9.78 Å². The van der Waals surface area contributed by atoms with Crippen LogP contribution in [0.1, 0.15) is 10.4 Å². The number of carboxylic acid groups (broad SMARTS) is 1. The van der Waals surface area contributed by atoms with E-state index in [2.05, 4.69) is 20.9 Å². The molecular formula is C13H10BrNO3. The fraction of sp³-hybridized carbons (Fsp3) is 0.0769. The van der Waals surface area contributed by atoms with Gasteiger partial charge in [-0.1, -0.05) is 6.07 Å². The summed E-state index contributed by atoms with van der Waals surface area (Å²) in [5.41, 5.74) is 1.89. The van der Waals surface area contributed by atoms with Gasteiger partial charge >= 0.3 is 5.97 Å². The zero-order valence-corrected chi connectivity index (χ0v) is 11.1. The fourth-order valence-corrected chi connectivity index (χ4v) is 1.99. The first kappa shape index (κ1) is 12.6. The maximum Gasteiger partial charge on any atom is 0.336 e. The molecular weight excluding hydrogens is 298 g/mol. The lowest BCUT2D eigenvalue weighted by Gasteiger charge is -2.06. The average Bonchev–Trinajstić information content (AvgIpc) is 2.39. The number of carboxylic acids is 1. The van der Waals surface area contributed by atoms with Crippen LogP contribution in [-0.2, 0) is 0 Å². The Hall–Kier alpha value is -1.88. The van der Waals surface area contributed by atoms with Gasteiger partial charge in [0.2, 0.25) is 5.88 Å². The minimum absolute atomic E-state index is 0.225. The molecule has 0 saturated carbocycles. The highest BCUT2D eigenvalue weighted by atomic mass is 79.9. The van der Waals surface area contributed by atoms with Gasteiger partial charge in [0.05, 0.1) is 12.7 Å². The van der Waals surface area contributed by atoms with E-state index in [0.29, 0.717) is 10.4 Å². The van der Waals surface area contributed by atoms with Crippen LogP contribution in [0.3, 0.4) is 0 Å². The molecule has 0 fully saturated rings. The van der Waals surface area contributed by atoms with Crippen molar-refractivity contribution in [2.45, 2.75) is 0 Å². The second kappa shape index (κ2) is 5.18. The van der Waals surface area contributed by atoms with Crippen molar-refractivity contribution in [1.82, 2.24) is 4.98 Å². The van der Waals surface area contributed by atoms with Crippen molar-refractivity contribution in [2.24, 2.45) is 0 Å². The summed E-state index contributed by atoms with van der Waals surface area (Å²) in [6.45, 7) is 0. The highest BCUT2D eigenvalue weighted by Crippen LogP contribution is 2.26. The number of aromatic nitrogens is 1. The summed E-state index contributed by atoms with van der Waals surface area (Å²) in [6.07, 6.45) is 1.62. The smallest absolute Gasteiger partial charge is 0.336 e. The quantitative estimate of drug-likeness (QED) is 0.946. The van der Waals surface area contributed by atoms with Crippen LogP contribution in [0.25, 0.3) is 11.1 Å². The standard InChI is InChI=1S/C13H10BrNO3/c1-18-12-7-9(4-5-15-12)8-2-3-11(14)10(6-8)13(16)17/h2-7H,1H3,(H,16,17). The summed E-state index contributed by atoms with van der Waals surface area (Å²) >= 11 is 3.21. The molecule has 0 aliphatic rings. The maximum atomic E-state index is 11.1. The highest BCUT2D eigenvalue weighted by molar-refractivity contribution is 9.10. The Labute approximate surface area is 112 Å². The summed E-state index contributed by atoms with van der Waals surface area (Å²) in [4.78, 5) is 15.1. The van der Waals surface area contributed by atoms with Crippen LogP contribution in [0.4, 0.5) is 0 Å². The Morgan fingerprint density at radius 2 is 2.00 bits per heavy atom. The molecule has 0 aliphatic carbocycles. The summed E-state index contributed by atoms with van der Waals surface area (Å²) in [6, 6.07) is 8.73. The summed E-state index contributed by atoms with van der Waals surface area (Å²) in [5, 5.41) is 9.07. The molecule has 92 valence electrons. The number of ether oxygens (including phenoxy) is 1. The number of hydrogen-bond donors (Lipinski definition) is 1. The molecule has 0 amide bonds. The number of hydrogen-bond acceptors (Lipinski definition) is 3. The zero-order valence-electron chi connectivity index (χ0n) is 9.55. The van der Waals surface area contributed by atoms with Crippen LogP contribution >= 0.6 is 15.9 Å². The molecule has 0 radical (unpaired) electrons. The molecule has 1 N–H and O–H groups in total. The van der Waals surface area contributed by atoms with Crippen molar-refractivity contribution in [2.75, 3.05) is 7.11 Å². The van der Waals surface area contributed by atoms with Gasteiger partial charge in [0.15, 0.2) is 0 Å². The molecule has 1 aromatic carbocycles. The van der Waals surface area contributed by atoms with Gasteiger partial charge in [0, 0.05) is 16.7 Å². The number of carbonyl (C=O) groups is 1. The van der Waals surface area contributed by atoms with Crippen molar-refractivity contribution >= 4 is 21.9 Å². The van der Waals surface area contributed by atoms with E-state index >= 15 is 0 Å². The number of methoxy groups -OCH3 is 1. The lowest BCUT2D eigenvalue weighted by atomic mass is 10.0. The first-order valence-electron chi connectivity index (χ1n) is 5.15. The molecule has 0 spiro atoms. The normalized spacial score (nSPS) is 10.1. The van der Waals surface area contributed by atoms with Crippen molar-refractivity contribution < 1.29 is 14.6 Å². The minimum atomic E-state index is -0.968. The number of rotatable bonds is 3. The second-order valence-corrected chi connectivity index (χ2v) is 4.44. The van der Waals surface area contributed by atoms with E-state index in [1.165, 1.54) is 7.11 Å². The van der Waals surface area contributed by atoms with E-state index in [1.807, 2.05) is 6.07 Å². The summed E-state index contributed by atoms with van der Waals surface area (Å²) in [5.74, 6) is -0.475. The van der Waals surface area contributed by atoms with Gasteiger partial charge in [-0.05, 0) is 45.3 Å². The number of benzene rings is 1. The van der Waals surface area contributed by atoms with E-state index in [4.69, 9.17) is 9.84 Å². The van der Waals surface area contributed by atoms with Crippen molar-refractivity contribution in [3.63, 3.8) is 0 Å². The third-order valence-electron chi connectivity index (χ3n) is 2.47. The number of halogens is 1. The Morgan fingerprint density at radius 1 is 1.28 bits per heavy atom. The van der Waals surface area contributed by atoms with E-state index in [0.717, 1.165) is 11.1 Å². The van der Waals surface area contributed by atoms with Crippen LogP contribution in [0.5, 0.6) is 5.88 Å². The highest BCUT2D eigenvalue weighted by Gasteiger charge is 2.10. The number of nitrogens with zero attached hydrogens (tertiary/aromatic N) is 1. The van der Waals surface area contributed by atoms with Crippen LogP contribution in [-0.4, -0.2) is 23.2 Å². The Balaban J connectivity index is 2.50. The van der Waals surface area contributed by atoms with Crippen LogP contribution in [0, 0.1) is 0 Å². The Morgan fingerprint density at radius 3 is 2.67 bits per heavy atom. The zero-order chi connectivity index (χ0) is 13.1. The van der Waals surface area contributed by atoms with Gasteiger partial charge in [0.1, 0.15) is 0 Å². The molecule has 18 heavy (non-hydrogen) atoms. The molecule has 2 aromatic rings. The monoisotopic (exact) mass is 307 g/mol. The van der Waals surface area contributed by atoms with Gasteiger partial charge < -0.3 is 9.84 Å². The first-order chi connectivity index (χ1) is 8.61. The van der Waals surface area contributed by atoms with E-state index in [-0.39, 0.29) is 5.56 Å². The lowest BCUT2D eigenvalue weighted by molar-refractivity contribution is 0.0696. The van der Waals surface area contributed by atoms with E-state index < -0.39 is 5.97 Å². The molecule has 2 rings (SSSR count). The van der Waals surface area contributed by atoms with Crippen LogP contribution in [0.2, 0.25) is 0 Å². The van der Waals surface area contributed by atoms with Crippen molar-refractivity contribution in [3.8, 4) is 17.0 Å². The minimum Gasteiger partial charge on any atom is -0.481 e. The topological polar surface area (TPSA) is 59.4 Å². The fourth-order valence-electron chi connectivity index (χ4n) is 1.57. The molecule has 0 unspecified atom stereocenters. The lowest BCUT2D eigenvalue weighted by Crippen LogP contribution is -1.98. The maximum absolute atomic E-state index is 11.1. The molecule has 4 nitrogen and oxygen atoms in total.